The Kier molecular flexibility index (Phi) is 9.09. The minimum atomic E-state index is -0.509. The third-order valence-corrected chi connectivity index (χ3v) is 4.68. The van der Waals surface area contributed by atoms with Gasteiger partial charge in [0, 0.05) is 24.2 Å². The lowest BCUT2D eigenvalue weighted by Crippen LogP contribution is -2.07. The van der Waals surface area contributed by atoms with Crippen molar-refractivity contribution in [2.75, 3.05) is 0 Å². The molecule has 1 heterocycles. The van der Waals surface area contributed by atoms with Crippen LogP contribution in [0.15, 0.2) is 65.1 Å². The van der Waals surface area contributed by atoms with Gasteiger partial charge in [-0.3, -0.25) is 0 Å². The molecule has 0 spiro atoms. The maximum atomic E-state index is 12.4. The number of furan rings is 1. The van der Waals surface area contributed by atoms with Gasteiger partial charge >= 0.3 is 5.97 Å². The zero-order valence-corrected chi connectivity index (χ0v) is 18.8. The average molecular weight is 447 g/mol. The molecule has 0 unspecified atom stereocenters. The van der Waals surface area contributed by atoms with Crippen LogP contribution >= 0.6 is 0 Å². The van der Waals surface area contributed by atoms with Gasteiger partial charge in [-0.05, 0) is 71.7 Å². The highest BCUT2D eigenvalue weighted by molar-refractivity contribution is 5.88. The van der Waals surface area contributed by atoms with Crippen LogP contribution in [-0.4, -0.2) is 5.97 Å². The summed E-state index contributed by atoms with van der Waals surface area (Å²) in [4.78, 5) is 12.4. The van der Waals surface area contributed by atoms with E-state index < -0.39 is 5.97 Å². The molecule has 4 heteroatoms. The smallest absolute Gasteiger partial charge is 0.379 e. The van der Waals surface area contributed by atoms with Crippen molar-refractivity contribution >= 4 is 5.97 Å². The number of ether oxygens (including phenoxy) is 2. The highest BCUT2D eigenvalue weighted by Crippen LogP contribution is 2.25. The normalized spacial score (nSPS) is 9.18. The summed E-state index contributed by atoms with van der Waals surface area (Å²) in [6.07, 6.45) is 11.6. The van der Waals surface area contributed by atoms with Crippen LogP contribution in [0.5, 0.6) is 11.5 Å². The fraction of sp³-hybridized carbons (Fsp3) is 0.167. The van der Waals surface area contributed by atoms with E-state index in [0.717, 1.165) is 42.6 Å². The summed E-state index contributed by atoms with van der Waals surface area (Å²) in [5, 5.41) is 0. The van der Waals surface area contributed by atoms with Crippen LogP contribution in [0.4, 0.5) is 0 Å². The summed E-state index contributed by atoms with van der Waals surface area (Å²) in [5.41, 5.74) is 1.94. The fourth-order valence-electron chi connectivity index (χ4n) is 3.00. The van der Waals surface area contributed by atoms with E-state index in [2.05, 4.69) is 48.6 Å². The van der Waals surface area contributed by atoms with Gasteiger partial charge in [0.2, 0.25) is 5.76 Å². The molecule has 0 aliphatic rings. The molecule has 0 amide bonds. The van der Waals surface area contributed by atoms with Gasteiger partial charge in [-0.15, -0.1) is 6.42 Å². The third kappa shape index (κ3) is 7.43. The van der Waals surface area contributed by atoms with Gasteiger partial charge in [0.05, 0.1) is 0 Å². The molecular weight excluding hydrogens is 424 g/mol. The minimum Gasteiger partial charge on any atom is -0.454 e. The van der Waals surface area contributed by atoms with Crippen LogP contribution in [0.3, 0.4) is 0 Å². The summed E-state index contributed by atoms with van der Waals surface area (Å²) >= 11 is 0. The van der Waals surface area contributed by atoms with E-state index in [1.54, 1.807) is 30.3 Å². The number of rotatable bonds is 8. The Balaban J connectivity index is 1.55. The summed E-state index contributed by atoms with van der Waals surface area (Å²) in [7, 11) is 0. The summed E-state index contributed by atoms with van der Waals surface area (Å²) < 4.78 is 16.4. The van der Waals surface area contributed by atoms with Crippen molar-refractivity contribution in [2.24, 2.45) is 0 Å². The second-order valence-corrected chi connectivity index (χ2v) is 7.13. The first-order valence-corrected chi connectivity index (χ1v) is 10.8. The third-order valence-electron chi connectivity index (χ3n) is 4.68. The second kappa shape index (κ2) is 12.9. The van der Waals surface area contributed by atoms with Crippen LogP contribution in [0.1, 0.15) is 42.5 Å². The molecule has 1 aromatic heterocycles. The van der Waals surface area contributed by atoms with Gasteiger partial charge in [0.1, 0.15) is 23.4 Å². The lowest BCUT2D eigenvalue weighted by molar-refractivity contribution is 0.0699. The molecular formula is C30H22O4. The lowest BCUT2D eigenvalue weighted by atomic mass is 10.1. The number of unbranched alkanes of at least 4 members (excludes halogenated alkanes) is 2. The van der Waals surface area contributed by atoms with Crippen molar-refractivity contribution in [3.8, 4) is 70.7 Å². The number of carbonyl (C=O) groups excluding carboxylic acids is 1. The van der Waals surface area contributed by atoms with Gasteiger partial charge in [-0.1, -0.05) is 44.0 Å². The van der Waals surface area contributed by atoms with E-state index in [9.17, 15) is 4.79 Å². The van der Waals surface area contributed by atoms with Gasteiger partial charge in [0.15, 0.2) is 0 Å². The number of terminal acetylenes is 1. The van der Waals surface area contributed by atoms with E-state index in [0.29, 0.717) is 11.5 Å². The number of esters is 1. The molecule has 0 radical (unpaired) electrons. The summed E-state index contributed by atoms with van der Waals surface area (Å²) in [6, 6.07) is 18.2. The Hall–Kier alpha value is -4.77. The van der Waals surface area contributed by atoms with Crippen LogP contribution in [0, 0.1) is 48.1 Å². The van der Waals surface area contributed by atoms with Crippen LogP contribution in [-0.2, 0) is 6.42 Å². The molecule has 0 fully saturated rings. The highest BCUT2D eigenvalue weighted by Gasteiger charge is 2.14. The molecule has 0 aliphatic heterocycles. The maximum absolute atomic E-state index is 12.4. The first-order valence-electron chi connectivity index (χ1n) is 10.8. The van der Waals surface area contributed by atoms with Gasteiger partial charge in [0.25, 0.3) is 0 Å². The zero-order valence-electron chi connectivity index (χ0n) is 18.8. The number of hydrogen-bond acceptors (Lipinski definition) is 4. The lowest BCUT2D eigenvalue weighted by Gasteiger charge is -2.06. The largest absolute Gasteiger partial charge is 0.454 e. The molecule has 0 N–H and O–H groups in total. The topological polar surface area (TPSA) is 48.7 Å². The van der Waals surface area contributed by atoms with Crippen molar-refractivity contribution in [1.29, 1.82) is 0 Å². The van der Waals surface area contributed by atoms with E-state index in [-0.39, 0.29) is 5.76 Å². The molecule has 3 aromatic rings. The quantitative estimate of drug-likeness (QED) is 0.188. The Bertz CT molecular complexity index is 1330. The Morgan fingerprint density at radius 2 is 1.47 bits per heavy atom. The fourth-order valence-corrected chi connectivity index (χ4v) is 3.00. The SMILES string of the molecule is C#CC#CC#CC#COc1ccc(-c2ccc(OC(=O)c3ccc(CCCCC)o3)cc2)cc1. The van der Waals surface area contributed by atoms with Crippen molar-refractivity contribution < 1.29 is 18.7 Å². The number of carbonyl (C=O) groups is 1. The van der Waals surface area contributed by atoms with Gasteiger partial charge in [-0.2, -0.15) is 0 Å². The predicted octanol–water partition coefficient (Wildman–Crippen LogP) is 5.88. The molecule has 0 bridgehead atoms. The second-order valence-electron chi connectivity index (χ2n) is 7.13. The standard InChI is InChI=1S/C30H22O4/c1-3-5-7-8-9-11-23-32-26-17-13-24(14-18-26)25-15-19-28(20-16-25)34-30(31)29-22-21-27(33-29)12-10-6-4-2/h1,13-22H,4,6,10,12H2,2H3. The molecule has 166 valence electrons. The van der Waals surface area contributed by atoms with Gasteiger partial charge < -0.3 is 13.9 Å². The maximum Gasteiger partial charge on any atom is 0.379 e. The van der Waals surface area contributed by atoms with Crippen LogP contribution in [0.2, 0.25) is 0 Å². The Morgan fingerprint density at radius 1 is 0.824 bits per heavy atom. The monoisotopic (exact) mass is 446 g/mol. The molecule has 0 aliphatic carbocycles. The molecule has 0 atom stereocenters. The predicted molar refractivity (Wildman–Crippen MR) is 132 cm³/mol. The van der Waals surface area contributed by atoms with Gasteiger partial charge in [-0.25, -0.2) is 4.79 Å². The van der Waals surface area contributed by atoms with Crippen LogP contribution < -0.4 is 9.47 Å². The number of benzene rings is 2. The highest BCUT2D eigenvalue weighted by atomic mass is 16.5. The Labute approximate surface area is 200 Å². The van der Waals surface area contributed by atoms with E-state index in [1.165, 1.54) is 0 Å². The van der Waals surface area contributed by atoms with Crippen molar-refractivity contribution in [3.63, 3.8) is 0 Å². The van der Waals surface area contributed by atoms with Crippen LogP contribution in [0.25, 0.3) is 11.1 Å². The molecule has 0 saturated carbocycles. The zero-order chi connectivity index (χ0) is 24.0. The average Bonchev–Trinajstić information content (AvgIpc) is 3.34. The van der Waals surface area contributed by atoms with E-state index in [1.807, 2.05) is 30.3 Å². The summed E-state index contributed by atoms with van der Waals surface area (Å²) in [5.74, 6) is 16.1. The van der Waals surface area contributed by atoms with Crippen molar-refractivity contribution in [2.45, 2.75) is 32.6 Å². The molecule has 2 aromatic carbocycles. The number of hydrogen-bond donors (Lipinski definition) is 0. The first-order chi connectivity index (χ1) is 16.7. The first kappa shape index (κ1) is 23.9. The van der Waals surface area contributed by atoms with E-state index >= 15 is 0 Å². The molecule has 34 heavy (non-hydrogen) atoms. The molecule has 0 saturated heterocycles. The molecule has 3 rings (SSSR count). The van der Waals surface area contributed by atoms with E-state index in [4.69, 9.17) is 20.3 Å². The summed E-state index contributed by atoms with van der Waals surface area (Å²) in [6.45, 7) is 2.15. The molecule has 4 nitrogen and oxygen atoms in total. The number of aryl methyl sites for hydroxylation is 1. The van der Waals surface area contributed by atoms with Crippen molar-refractivity contribution in [1.82, 2.24) is 0 Å². The van der Waals surface area contributed by atoms with Crippen molar-refractivity contribution in [3.05, 3.63) is 72.2 Å². The minimum absolute atomic E-state index is 0.209. The Morgan fingerprint density at radius 3 is 2.15 bits per heavy atom.